The van der Waals surface area contributed by atoms with Gasteiger partial charge in [0.05, 0.1) is 6.10 Å². The van der Waals surface area contributed by atoms with E-state index in [1.807, 2.05) is 0 Å². The fourth-order valence-electron chi connectivity index (χ4n) is 2.80. The zero-order chi connectivity index (χ0) is 18.0. The summed E-state index contributed by atoms with van der Waals surface area (Å²) in [5.41, 5.74) is 1.52. The van der Waals surface area contributed by atoms with E-state index in [-0.39, 0.29) is 0 Å². The van der Waals surface area contributed by atoms with Gasteiger partial charge in [0, 0.05) is 26.3 Å². The van der Waals surface area contributed by atoms with Gasteiger partial charge in [0.15, 0.2) is 0 Å². The molecule has 6 nitrogen and oxygen atoms in total. The van der Waals surface area contributed by atoms with Gasteiger partial charge in [-0.3, -0.25) is 9.59 Å². The molecule has 2 atom stereocenters. The van der Waals surface area contributed by atoms with E-state index in [0.29, 0.717) is 29.2 Å². The van der Waals surface area contributed by atoms with Gasteiger partial charge in [-0.15, -0.1) is 0 Å². The summed E-state index contributed by atoms with van der Waals surface area (Å²) in [6.07, 6.45) is -0.965. The Labute approximate surface area is 144 Å². The van der Waals surface area contributed by atoms with Gasteiger partial charge in [0.1, 0.15) is 23.4 Å². The number of fused-ring (bicyclic) bond motifs is 1. The molecule has 0 unspecified atom stereocenters. The Bertz CT molecular complexity index is 813. The standard InChI is InChI=1S/C19H18O6/c1-11(20)23-15-5-3-4-14(8-15)19-17(22)9-13-6-7-16(24-12(2)21)10-18(13)25-19/h3-8,10,17,19,22H,9H2,1-2H3/t17-,19-/m1/s1. The number of carbonyl (C=O) groups is 2. The molecule has 0 saturated carbocycles. The molecule has 0 bridgehead atoms. The molecule has 0 aliphatic carbocycles. The molecule has 1 aliphatic rings. The molecule has 2 aromatic rings. The van der Waals surface area contributed by atoms with Gasteiger partial charge in [0.25, 0.3) is 0 Å². The molecule has 1 heterocycles. The minimum atomic E-state index is -0.750. The maximum Gasteiger partial charge on any atom is 0.308 e. The molecule has 1 aliphatic heterocycles. The molecular formula is C19H18O6. The number of benzene rings is 2. The quantitative estimate of drug-likeness (QED) is 0.682. The second kappa shape index (κ2) is 6.94. The number of rotatable bonds is 3. The molecule has 0 radical (unpaired) electrons. The molecule has 2 aromatic carbocycles. The van der Waals surface area contributed by atoms with Crippen molar-refractivity contribution in [2.24, 2.45) is 0 Å². The fraction of sp³-hybridized carbons (Fsp3) is 0.263. The van der Waals surface area contributed by atoms with Crippen LogP contribution in [0.15, 0.2) is 42.5 Å². The zero-order valence-electron chi connectivity index (χ0n) is 13.9. The largest absolute Gasteiger partial charge is 0.483 e. The molecule has 0 fully saturated rings. The van der Waals surface area contributed by atoms with Gasteiger partial charge in [-0.1, -0.05) is 18.2 Å². The van der Waals surface area contributed by atoms with Gasteiger partial charge in [-0.25, -0.2) is 0 Å². The molecule has 0 spiro atoms. The lowest BCUT2D eigenvalue weighted by atomic mass is 9.94. The van der Waals surface area contributed by atoms with Crippen molar-refractivity contribution in [3.63, 3.8) is 0 Å². The van der Waals surface area contributed by atoms with E-state index in [4.69, 9.17) is 14.2 Å². The summed E-state index contributed by atoms with van der Waals surface area (Å²) in [4.78, 5) is 22.2. The lowest BCUT2D eigenvalue weighted by Gasteiger charge is -2.31. The lowest BCUT2D eigenvalue weighted by molar-refractivity contribution is -0.132. The first kappa shape index (κ1) is 17.0. The number of ether oxygens (including phenoxy) is 3. The van der Waals surface area contributed by atoms with E-state index >= 15 is 0 Å². The molecule has 3 rings (SSSR count). The monoisotopic (exact) mass is 342 g/mol. The topological polar surface area (TPSA) is 82.1 Å². The second-order valence-corrected chi connectivity index (χ2v) is 5.84. The van der Waals surface area contributed by atoms with Gasteiger partial charge in [-0.2, -0.15) is 0 Å². The Hall–Kier alpha value is -2.86. The highest BCUT2D eigenvalue weighted by molar-refractivity contribution is 5.70. The Morgan fingerprint density at radius 1 is 1.04 bits per heavy atom. The molecule has 0 amide bonds. The third-order valence-electron chi connectivity index (χ3n) is 3.78. The van der Waals surface area contributed by atoms with E-state index in [9.17, 15) is 14.7 Å². The maximum absolute atomic E-state index is 11.1. The van der Waals surface area contributed by atoms with Crippen LogP contribution >= 0.6 is 0 Å². The zero-order valence-corrected chi connectivity index (χ0v) is 13.9. The fourth-order valence-corrected chi connectivity index (χ4v) is 2.80. The molecule has 0 aromatic heterocycles. The van der Waals surface area contributed by atoms with Gasteiger partial charge in [0.2, 0.25) is 0 Å². The van der Waals surface area contributed by atoms with Crippen LogP contribution in [0, 0.1) is 0 Å². The SMILES string of the molecule is CC(=O)Oc1cccc([C@H]2Oc3cc(OC(C)=O)ccc3C[C@H]2O)c1. The minimum Gasteiger partial charge on any atom is -0.483 e. The number of hydrogen-bond acceptors (Lipinski definition) is 6. The van der Waals surface area contributed by atoms with E-state index in [1.54, 1.807) is 42.5 Å². The van der Waals surface area contributed by atoms with Gasteiger partial charge in [-0.05, 0) is 29.3 Å². The van der Waals surface area contributed by atoms with E-state index in [2.05, 4.69) is 0 Å². The molecular weight excluding hydrogens is 324 g/mol. The van der Waals surface area contributed by atoms with Crippen LogP contribution in [0.2, 0.25) is 0 Å². The van der Waals surface area contributed by atoms with Crippen molar-refractivity contribution >= 4 is 11.9 Å². The predicted molar refractivity (Wildman–Crippen MR) is 88.6 cm³/mol. The summed E-state index contributed by atoms with van der Waals surface area (Å²) in [6.45, 7) is 2.65. The van der Waals surface area contributed by atoms with Crippen molar-refractivity contribution in [3.8, 4) is 17.2 Å². The highest BCUT2D eigenvalue weighted by Gasteiger charge is 2.30. The second-order valence-electron chi connectivity index (χ2n) is 5.84. The first-order chi connectivity index (χ1) is 11.9. The van der Waals surface area contributed by atoms with Crippen molar-refractivity contribution in [1.29, 1.82) is 0 Å². The van der Waals surface area contributed by atoms with Gasteiger partial charge >= 0.3 is 11.9 Å². The van der Waals surface area contributed by atoms with E-state index in [1.165, 1.54) is 13.8 Å². The number of hydrogen-bond donors (Lipinski definition) is 1. The maximum atomic E-state index is 11.1. The Balaban J connectivity index is 1.87. The van der Waals surface area contributed by atoms with Crippen LogP contribution in [0.4, 0.5) is 0 Å². The van der Waals surface area contributed by atoms with Crippen LogP contribution in [0.5, 0.6) is 17.2 Å². The lowest BCUT2D eigenvalue weighted by Crippen LogP contribution is -2.30. The third kappa shape index (κ3) is 3.97. The van der Waals surface area contributed by atoms with Crippen molar-refractivity contribution in [1.82, 2.24) is 0 Å². The molecule has 6 heteroatoms. The number of aliphatic hydroxyl groups excluding tert-OH is 1. The van der Waals surface area contributed by atoms with Crippen LogP contribution in [-0.4, -0.2) is 23.1 Å². The van der Waals surface area contributed by atoms with E-state index < -0.39 is 24.1 Å². The Morgan fingerprint density at radius 2 is 1.72 bits per heavy atom. The van der Waals surface area contributed by atoms with Crippen LogP contribution in [-0.2, 0) is 16.0 Å². The summed E-state index contributed by atoms with van der Waals surface area (Å²) in [6, 6.07) is 11.9. The van der Waals surface area contributed by atoms with Gasteiger partial charge < -0.3 is 19.3 Å². The summed E-state index contributed by atoms with van der Waals surface area (Å²) in [5.74, 6) is 0.488. The van der Waals surface area contributed by atoms with Crippen molar-refractivity contribution < 1.29 is 28.9 Å². The minimum absolute atomic E-state index is 0.384. The average Bonchev–Trinajstić information content (AvgIpc) is 2.53. The smallest absolute Gasteiger partial charge is 0.308 e. The normalized spacial score (nSPS) is 18.7. The van der Waals surface area contributed by atoms with Crippen molar-refractivity contribution in [2.45, 2.75) is 32.5 Å². The number of carbonyl (C=O) groups excluding carboxylic acids is 2. The highest BCUT2D eigenvalue weighted by atomic mass is 16.5. The van der Waals surface area contributed by atoms with Crippen LogP contribution in [0.1, 0.15) is 31.1 Å². The molecule has 0 saturated heterocycles. The molecule has 130 valence electrons. The average molecular weight is 342 g/mol. The first-order valence-corrected chi connectivity index (χ1v) is 7.87. The van der Waals surface area contributed by atoms with Crippen LogP contribution in [0.3, 0.4) is 0 Å². The predicted octanol–water partition coefficient (Wildman–Crippen LogP) is 2.57. The summed E-state index contributed by atoms with van der Waals surface area (Å²) in [5, 5.41) is 10.4. The Kier molecular flexibility index (Phi) is 4.72. The highest BCUT2D eigenvalue weighted by Crippen LogP contribution is 2.38. The third-order valence-corrected chi connectivity index (χ3v) is 3.78. The van der Waals surface area contributed by atoms with Crippen molar-refractivity contribution in [3.05, 3.63) is 53.6 Å². The Morgan fingerprint density at radius 3 is 2.40 bits per heavy atom. The summed E-state index contributed by atoms with van der Waals surface area (Å²) >= 11 is 0. The molecule has 1 N–H and O–H groups in total. The summed E-state index contributed by atoms with van der Waals surface area (Å²) in [7, 11) is 0. The van der Waals surface area contributed by atoms with E-state index in [0.717, 1.165) is 5.56 Å². The van der Waals surface area contributed by atoms with Crippen LogP contribution < -0.4 is 14.2 Å². The van der Waals surface area contributed by atoms with Crippen molar-refractivity contribution in [2.75, 3.05) is 0 Å². The molecule has 25 heavy (non-hydrogen) atoms. The van der Waals surface area contributed by atoms with Crippen LogP contribution in [0.25, 0.3) is 0 Å². The number of aliphatic hydroxyl groups is 1. The first-order valence-electron chi connectivity index (χ1n) is 7.87. The number of esters is 2. The summed E-state index contributed by atoms with van der Waals surface area (Å²) < 4.78 is 16.1.